The molecule has 5 nitrogen and oxygen atoms in total. The van der Waals surface area contributed by atoms with Crippen LogP contribution in [-0.2, 0) is 4.79 Å². The number of hydrogen-bond acceptors (Lipinski definition) is 3. The third-order valence-corrected chi connectivity index (χ3v) is 8.32. The van der Waals surface area contributed by atoms with Gasteiger partial charge in [0.2, 0.25) is 5.91 Å². The Morgan fingerprint density at radius 1 is 0.964 bits per heavy atom. The molecule has 0 bridgehead atoms. The molecule has 28 heavy (non-hydrogen) atoms. The summed E-state index contributed by atoms with van der Waals surface area (Å²) in [6.45, 7) is 1.89. The molecule has 1 saturated heterocycles. The highest BCUT2D eigenvalue weighted by atomic mass is 32.2. The maximum Gasteiger partial charge on any atom is 0.225 e. The van der Waals surface area contributed by atoms with Gasteiger partial charge in [-0.05, 0) is 43.9 Å². The molecule has 0 aromatic heterocycles. The minimum Gasteiger partial charge on any atom is -0.354 e. The molecule has 3 aliphatic carbocycles. The summed E-state index contributed by atoms with van der Waals surface area (Å²) < 4.78 is 0. The lowest BCUT2D eigenvalue weighted by atomic mass is 9.85. The standard InChI is InChI=1S/C22H38N4OS/c1-23-22(25-20-15-19(20)16-5-3-2-4-6-16)24-18-9-7-17(8-10-18)21(27)26-11-13-28-14-12-26/h16-20H,2-15H2,1H3,(H2,23,24,25). The van der Waals surface area contributed by atoms with Crippen LogP contribution in [0.3, 0.4) is 0 Å². The third-order valence-electron chi connectivity index (χ3n) is 7.38. The van der Waals surface area contributed by atoms with Crippen LogP contribution < -0.4 is 10.6 Å². The van der Waals surface area contributed by atoms with Gasteiger partial charge in [-0.3, -0.25) is 9.79 Å². The van der Waals surface area contributed by atoms with E-state index in [0.717, 1.165) is 68.1 Å². The number of thioether (sulfide) groups is 1. The highest BCUT2D eigenvalue weighted by Crippen LogP contribution is 2.44. The zero-order valence-electron chi connectivity index (χ0n) is 17.5. The second-order valence-electron chi connectivity index (χ2n) is 9.25. The fourth-order valence-electron chi connectivity index (χ4n) is 5.53. The van der Waals surface area contributed by atoms with Gasteiger partial charge >= 0.3 is 0 Å². The number of rotatable bonds is 4. The average molecular weight is 407 g/mol. The van der Waals surface area contributed by atoms with Gasteiger partial charge in [0, 0.05) is 49.6 Å². The molecule has 2 N–H and O–H groups in total. The van der Waals surface area contributed by atoms with Crippen molar-refractivity contribution in [1.29, 1.82) is 0 Å². The molecule has 1 amide bonds. The van der Waals surface area contributed by atoms with Crippen LogP contribution in [0.25, 0.3) is 0 Å². The summed E-state index contributed by atoms with van der Waals surface area (Å²) in [4.78, 5) is 19.3. The van der Waals surface area contributed by atoms with Gasteiger partial charge in [-0.25, -0.2) is 0 Å². The van der Waals surface area contributed by atoms with Crippen molar-refractivity contribution in [3.05, 3.63) is 0 Å². The summed E-state index contributed by atoms with van der Waals surface area (Å²) in [5, 5.41) is 7.33. The molecule has 3 saturated carbocycles. The third kappa shape index (κ3) is 5.17. The molecule has 2 atom stereocenters. The molecule has 4 aliphatic rings. The fraction of sp³-hybridized carbons (Fsp3) is 0.909. The van der Waals surface area contributed by atoms with E-state index < -0.39 is 0 Å². The van der Waals surface area contributed by atoms with Crippen molar-refractivity contribution in [2.24, 2.45) is 22.7 Å². The lowest BCUT2D eigenvalue weighted by molar-refractivity contribution is -0.136. The number of amides is 1. The Morgan fingerprint density at radius 2 is 1.68 bits per heavy atom. The topological polar surface area (TPSA) is 56.7 Å². The largest absolute Gasteiger partial charge is 0.354 e. The molecule has 0 aromatic rings. The Kier molecular flexibility index (Phi) is 7.08. The molecule has 1 heterocycles. The molecule has 0 aromatic carbocycles. The molecule has 0 radical (unpaired) electrons. The molecule has 2 unspecified atom stereocenters. The van der Waals surface area contributed by atoms with Crippen LogP contribution in [0, 0.1) is 17.8 Å². The lowest BCUT2D eigenvalue weighted by Crippen LogP contribution is -2.48. The van der Waals surface area contributed by atoms with Gasteiger partial charge in [-0.1, -0.05) is 32.1 Å². The Hall–Kier alpha value is -0.910. The zero-order chi connectivity index (χ0) is 19.3. The van der Waals surface area contributed by atoms with Crippen LogP contribution in [0.4, 0.5) is 0 Å². The molecular weight excluding hydrogens is 368 g/mol. The van der Waals surface area contributed by atoms with Gasteiger partial charge < -0.3 is 15.5 Å². The maximum absolute atomic E-state index is 12.7. The summed E-state index contributed by atoms with van der Waals surface area (Å²) in [6.07, 6.45) is 12.7. The van der Waals surface area contributed by atoms with Crippen LogP contribution in [-0.4, -0.2) is 60.5 Å². The normalized spacial score (nSPS) is 34.8. The summed E-state index contributed by atoms with van der Waals surface area (Å²) in [7, 11) is 1.89. The first-order chi connectivity index (χ1) is 13.7. The predicted octanol–water partition coefficient (Wildman–Crippen LogP) is 3.25. The van der Waals surface area contributed by atoms with E-state index in [9.17, 15) is 4.79 Å². The number of aliphatic imine (C=N–C) groups is 1. The van der Waals surface area contributed by atoms with E-state index in [0.29, 0.717) is 18.0 Å². The molecule has 0 spiro atoms. The number of carbonyl (C=O) groups excluding carboxylic acids is 1. The molecule has 158 valence electrons. The van der Waals surface area contributed by atoms with E-state index >= 15 is 0 Å². The highest BCUT2D eigenvalue weighted by Gasteiger charge is 2.43. The van der Waals surface area contributed by atoms with Crippen LogP contribution in [0.1, 0.15) is 64.2 Å². The minimum absolute atomic E-state index is 0.246. The summed E-state index contributed by atoms with van der Waals surface area (Å²) >= 11 is 1.97. The Morgan fingerprint density at radius 3 is 2.36 bits per heavy atom. The molecule has 4 rings (SSSR count). The Labute approximate surface area is 174 Å². The first-order valence-electron chi connectivity index (χ1n) is 11.6. The van der Waals surface area contributed by atoms with Gasteiger partial charge in [-0.15, -0.1) is 0 Å². The van der Waals surface area contributed by atoms with Crippen molar-refractivity contribution in [3.8, 4) is 0 Å². The van der Waals surface area contributed by atoms with E-state index in [1.807, 2.05) is 18.8 Å². The van der Waals surface area contributed by atoms with Crippen LogP contribution >= 0.6 is 11.8 Å². The Bertz CT molecular complexity index is 549. The van der Waals surface area contributed by atoms with Crippen LogP contribution in [0.2, 0.25) is 0 Å². The van der Waals surface area contributed by atoms with Crippen LogP contribution in [0.15, 0.2) is 4.99 Å². The number of guanidine groups is 1. The van der Waals surface area contributed by atoms with Crippen molar-refractivity contribution in [2.45, 2.75) is 76.3 Å². The van der Waals surface area contributed by atoms with Gasteiger partial charge in [0.1, 0.15) is 0 Å². The van der Waals surface area contributed by atoms with Crippen molar-refractivity contribution in [2.75, 3.05) is 31.6 Å². The van der Waals surface area contributed by atoms with Crippen molar-refractivity contribution < 1.29 is 4.79 Å². The minimum atomic E-state index is 0.246. The van der Waals surface area contributed by atoms with E-state index in [4.69, 9.17) is 0 Å². The van der Waals surface area contributed by atoms with Gasteiger partial charge in [0.05, 0.1) is 0 Å². The predicted molar refractivity (Wildman–Crippen MR) is 118 cm³/mol. The van der Waals surface area contributed by atoms with E-state index in [-0.39, 0.29) is 5.92 Å². The van der Waals surface area contributed by atoms with Gasteiger partial charge in [-0.2, -0.15) is 11.8 Å². The second-order valence-corrected chi connectivity index (χ2v) is 10.5. The molecule has 1 aliphatic heterocycles. The average Bonchev–Trinajstić information content (AvgIpc) is 3.54. The summed E-state index contributed by atoms with van der Waals surface area (Å²) in [5.74, 6) is 5.66. The first kappa shape index (κ1) is 20.4. The fourth-order valence-corrected chi connectivity index (χ4v) is 6.43. The van der Waals surface area contributed by atoms with Gasteiger partial charge in [0.15, 0.2) is 5.96 Å². The summed E-state index contributed by atoms with van der Waals surface area (Å²) in [6, 6.07) is 1.09. The maximum atomic E-state index is 12.7. The zero-order valence-corrected chi connectivity index (χ0v) is 18.3. The lowest BCUT2D eigenvalue weighted by Gasteiger charge is -2.34. The van der Waals surface area contributed by atoms with Crippen molar-refractivity contribution in [3.63, 3.8) is 0 Å². The molecule has 6 heteroatoms. The van der Waals surface area contributed by atoms with Crippen molar-refractivity contribution >= 4 is 23.6 Å². The number of hydrogen-bond donors (Lipinski definition) is 2. The quantitative estimate of drug-likeness (QED) is 0.556. The van der Waals surface area contributed by atoms with E-state index in [1.54, 1.807) is 0 Å². The highest BCUT2D eigenvalue weighted by molar-refractivity contribution is 7.99. The van der Waals surface area contributed by atoms with Crippen molar-refractivity contribution in [1.82, 2.24) is 15.5 Å². The Balaban J connectivity index is 1.18. The first-order valence-corrected chi connectivity index (χ1v) is 12.8. The van der Waals surface area contributed by atoms with E-state index in [1.165, 1.54) is 38.5 Å². The smallest absolute Gasteiger partial charge is 0.225 e. The number of nitrogens with zero attached hydrogens (tertiary/aromatic N) is 2. The van der Waals surface area contributed by atoms with Gasteiger partial charge in [0.25, 0.3) is 0 Å². The van der Waals surface area contributed by atoms with E-state index in [2.05, 4.69) is 20.5 Å². The van der Waals surface area contributed by atoms with Crippen LogP contribution in [0.5, 0.6) is 0 Å². The molecule has 4 fully saturated rings. The monoisotopic (exact) mass is 406 g/mol. The SMILES string of the molecule is CN=C(NC1CCC(C(=O)N2CCSCC2)CC1)NC1CC1C1CCCCC1. The number of carbonyl (C=O) groups is 1. The summed E-state index contributed by atoms with van der Waals surface area (Å²) in [5.41, 5.74) is 0. The molecular formula is C22H38N4OS. The second kappa shape index (κ2) is 9.73. The number of nitrogens with one attached hydrogen (secondary N) is 2.